The van der Waals surface area contributed by atoms with Crippen molar-refractivity contribution in [3.05, 3.63) is 65.7 Å². The first-order valence-corrected chi connectivity index (χ1v) is 9.30. The lowest BCUT2D eigenvalue weighted by atomic mass is 9.97. The molecule has 2 aromatic carbocycles. The molecule has 0 N–H and O–H groups in total. The van der Waals surface area contributed by atoms with Crippen LogP contribution in [-0.2, 0) is 0 Å². The summed E-state index contributed by atoms with van der Waals surface area (Å²) in [6.07, 6.45) is 1.09. The number of nitrogens with zero attached hydrogens (tertiary/aromatic N) is 2. The quantitative estimate of drug-likeness (QED) is 0.431. The predicted molar refractivity (Wildman–Crippen MR) is 99.9 cm³/mol. The topological polar surface area (TPSA) is 56.0 Å². The molecule has 0 aliphatic carbocycles. The Morgan fingerprint density at radius 2 is 1.80 bits per heavy atom. The summed E-state index contributed by atoms with van der Waals surface area (Å²) < 4.78 is 5.61. The van der Waals surface area contributed by atoms with E-state index in [0.29, 0.717) is 22.6 Å². The summed E-state index contributed by atoms with van der Waals surface area (Å²) in [4.78, 5) is 12.3. The number of ketones is 1. The molecule has 25 heavy (non-hydrogen) atoms. The van der Waals surface area contributed by atoms with E-state index in [9.17, 15) is 4.79 Å². The zero-order chi connectivity index (χ0) is 17.6. The molecular weight excluding hydrogens is 332 g/mol. The van der Waals surface area contributed by atoms with Crippen LogP contribution in [0.4, 0.5) is 0 Å². The molecule has 3 aromatic rings. The van der Waals surface area contributed by atoms with Crippen molar-refractivity contribution in [2.45, 2.75) is 31.4 Å². The van der Waals surface area contributed by atoms with Crippen molar-refractivity contribution < 1.29 is 9.21 Å². The van der Waals surface area contributed by atoms with Crippen LogP contribution in [0, 0.1) is 0 Å². The molecule has 0 aliphatic rings. The second kappa shape index (κ2) is 8.12. The van der Waals surface area contributed by atoms with Gasteiger partial charge in [-0.1, -0.05) is 68.1 Å². The van der Waals surface area contributed by atoms with Gasteiger partial charge < -0.3 is 4.42 Å². The third-order valence-corrected chi connectivity index (χ3v) is 4.99. The maximum absolute atomic E-state index is 12.3. The van der Waals surface area contributed by atoms with Crippen LogP contribution in [0.2, 0.25) is 0 Å². The van der Waals surface area contributed by atoms with Gasteiger partial charge in [0.1, 0.15) is 0 Å². The molecule has 0 radical (unpaired) electrons. The van der Waals surface area contributed by atoms with Gasteiger partial charge in [0.15, 0.2) is 5.78 Å². The van der Waals surface area contributed by atoms with E-state index in [0.717, 1.165) is 12.0 Å². The van der Waals surface area contributed by atoms with Crippen LogP contribution in [0.15, 0.2) is 64.2 Å². The second-order valence-corrected chi connectivity index (χ2v) is 6.81. The molecule has 3 rings (SSSR count). The Hall–Kier alpha value is -2.40. The second-order valence-electron chi connectivity index (χ2n) is 5.88. The van der Waals surface area contributed by atoms with Crippen molar-refractivity contribution in [1.29, 1.82) is 0 Å². The van der Waals surface area contributed by atoms with Gasteiger partial charge in [-0.25, -0.2) is 0 Å². The van der Waals surface area contributed by atoms with Gasteiger partial charge >= 0.3 is 0 Å². The van der Waals surface area contributed by atoms with Gasteiger partial charge in [0, 0.05) is 11.1 Å². The minimum atomic E-state index is 0.0557. The smallest absolute Gasteiger partial charge is 0.277 e. The van der Waals surface area contributed by atoms with Gasteiger partial charge in [0.05, 0.1) is 5.75 Å². The Labute approximate surface area is 151 Å². The van der Waals surface area contributed by atoms with Crippen LogP contribution in [0.3, 0.4) is 0 Å². The highest BCUT2D eigenvalue weighted by Crippen LogP contribution is 2.24. The number of hydrogen-bond donors (Lipinski definition) is 0. The molecule has 0 amide bonds. The third-order valence-electron chi connectivity index (χ3n) is 4.17. The molecule has 1 heterocycles. The minimum Gasteiger partial charge on any atom is -0.411 e. The molecule has 0 saturated heterocycles. The summed E-state index contributed by atoms with van der Waals surface area (Å²) in [5, 5.41) is 8.44. The summed E-state index contributed by atoms with van der Waals surface area (Å²) in [6, 6.07) is 17.4. The van der Waals surface area contributed by atoms with Crippen molar-refractivity contribution in [3.63, 3.8) is 0 Å². The molecule has 0 bridgehead atoms. The van der Waals surface area contributed by atoms with E-state index in [1.165, 1.54) is 17.3 Å². The van der Waals surface area contributed by atoms with E-state index < -0.39 is 0 Å². The molecule has 0 aliphatic heterocycles. The molecule has 1 atom stereocenters. The van der Waals surface area contributed by atoms with Crippen molar-refractivity contribution in [2.24, 2.45) is 0 Å². The van der Waals surface area contributed by atoms with Crippen molar-refractivity contribution in [1.82, 2.24) is 10.2 Å². The number of thioether (sulfide) groups is 1. The van der Waals surface area contributed by atoms with E-state index in [-0.39, 0.29) is 11.5 Å². The highest BCUT2D eigenvalue weighted by atomic mass is 32.2. The summed E-state index contributed by atoms with van der Waals surface area (Å²) >= 11 is 1.26. The van der Waals surface area contributed by atoms with Crippen LogP contribution in [0.5, 0.6) is 0 Å². The van der Waals surface area contributed by atoms with Crippen LogP contribution in [0.1, 0.15) is 42.1 Å². The number of rotatable bonds is 7. The lowest BCUT2D eigenvalue weighted by molar-refractivity contribution is 0.102. The molecule has 1 aromatic heterocycles. The number of Topliss-reactive ketones (excluding diaryl/α,β-unsaturated/α-hetero) is 1. The molecule has 128 valence electrons. The maximum atomic E-state index is 12.3. The van der Waals surface area contributed by atoms with E-state index in [1.807, 2.05) is 54.6 Å². The van der Waals surface area contributed by atoms with E-state index in [2.05, 4.69) is 24.0 Å². The molecule has 0 saturated carbocycles. The number of benzene rings is 2. The van der Waals surface area contributed by atoms with Crippen LogP contribution in [-0.4, -0.2) is 21.7 Å². The minimum absolute atomic E-state index is 0.0557. The zero-order valence-corrected chi connectivity index (χ0v) is 15.1. The van der Waals surface area contributed by atoms with Gasteiger partial charge in [-0.15, -0.1) is 10.2 Å². The molecule has 4 nitrogen and oxygen atoms in total. The number of carbonyl (C=O) groups excluding carboxylic acids is 1. The van der Waals surface area contributed by atoms with E-state index in [1.54, 1.807) is 0 Å². The van der Waals surface area contributed by atoms with Crippen LogP contribution >= 0.6 is 11.8 Å². The van der Waals surface area contributed by atoms with E-state index in [4.69, 9.17) is 4.42 Å². The fourth-order valence-electron chi connectivity index (χ4n) is 2.41. The lowest BCUT2D eigenvalue weighted by Crippen LogP contribution is -2.03. The van der Waals surface area contributed by atoms with Gasteiger partial charge in [-0.2, -0.15) is 0 Å². The Morgan fingerprint density at radius 3 is 2.48 bits per heavy atom. The average Bonchev–Trinajstić information content (AvgIpc) is 3.15. The number of hydrogen-bond acceptors (Lipinski definition) is 5. The van der Waals surface area contributed by atoms with Crippen molar-refractivity contribution in [3.8, 4) is 11.5 Å². The normalized spacial score (nSPS) is 12.1. The van der Waals surface area contributed by atoms with Crippen LogP contribution in [0.25, 0.3) is 11.5 Å². The molecule has 0 spiro atoms. The van der Waals surface area contributed by atoms with Gasteiger partial charge in [0.25, 0.3) is 5.22 Å². The van der Waals surface area contributed by atoms with Gasteiger partial charge in [-0.05, 0) is 30.0 Å². The summed E-state index contributed by atoms with van der Waals surface area (Å²) in [5.41, 5.74) is 2.84. The standard InChI is InChI=1S/C20H20N2O2S/c1-3-14(2)15-9-11-16(12-10-15)18(23)13-25-20-22-21-19(24-20)17-7-5-4-6-8-17/h4-12,14H,3,13H2,1-2H3/t14-/m1/s1. The average molecular weight is 352 g/mol. The Morgan fingerprint density at radius 1 is 1.08 bits per heavy atom. The van der Waals surface area contributed by atoms with Crippen molar-refractivity contribution >= 4 is 17.5 Å². The first kappa shape index (κ1) is 17.4. The first-order valence-electron chi connectivity index (χ1n) is 8.32. The Bertz CT molecular complexity index is 828. The monoisotopic (exact) mass is 352 g/mol. The molecule has 0 fully saturated rings. The molecular formula is C20H20N2O2S. The Balaban J connectivity index is 1.60. The third kappa shape index (κ3) is 4.37. The predicted octanol–water partition coefficient (Wildman–Crippen LogP) is 5.23. The highest BCUT2D eigenvalue weighted by Gasteiger charge is 2.13. The zero-order valence-electron chi connectivity index (χ0n) is 14.3. The van der Waals surface area contributed by atoms with Crippen LogP contribution < -0.4 is 0 Å². The van der Waals surface area contributed by atoms with Gasteiger partial charge in [-0.3, -0.25) is 4.79 Å². The fraction of sp³-hybridized carbons (Fsp3) is 0.250. The lowest BCUT2D eigenvalue weighted by Gasteiger charge is -2.09. The molecule has 0 unspecified atom stereocenters. The number of aromatic nitrogens is 2. The first-order chi connectivity index (χ1) is 12.2. The molecule has 5 heteroatoms. The fourth-order valence-corrected chi connectivity index (χ4v) is 3.07. The van der Waals surface area contributed by atoms with E-state index >= 15 is 0 Å². The highest BCUT2D eigenvalue weighted by molar-refractivity contribution is 7.99. The maximum Gasteiger partial charge on any atom is 0.277 e. The van der Waals surface area contributed by atoms with Crippen molar-refractivity contribution in [2.75, 3.05) is 5.75 Å². The Kier molecular flexibility index (Phi) is 5.66. The SMILES string of the molecule is CC[C@@H](C)c1ccc(C(=O)CSc2nnc(-c3ccccc3)o2)cc1. The largest absolute Gasteiger partial charge is 0.411 e. The summed E-state index contributed by atoms with van der Waals surface area (Å²) in [5.74, 6) is 1.31. The number of carbonyl (C=O) groups is 1. The summed E-state index contributed by atoms with van der Waals surface area (Å²) in [7, 11) is 0. The van der Waals surface area contributed by atoms with Gasteiger partial charge in [0.2, 0.25) is 5.89 Å². The summed E-state index contributed by atoms with van der Waals surface area (Å²) in [6.45, 7) is 4.35.